The third kappa shape index (κ3) is 6.19. The molecule has 8 nitrogen and oxygen atoms in total. The van der Waals surface area contributed by atoms with Gasteiger partial charge < -0.3 is 19.9 Å². The van der Waals surface area contributed by atoms with Crippen molar-refractivity contribution in [2.45, 2.75) is 32.3 Å². The van der Waals surface area contributed by atoms with Crippen LogP contribution in [0.2, 0.25) is 0 Å². The smallest absolute Gasteiger partial charge is 0.328 e. The third-order valence-corrected chi connectivity index (χ3v) is 6.54. The maximum absolute atomic E-state index is 13.5. The second-order valence-corrected chi connectivity index (χ2v) is 9.37. The summed E-state index contributed by atoms with van der Waals surface area (Å²) < 4.78 is 13.8. The van der Waals surface area contributed by atoms with E-state index < -0.39 is 24.0 Å². The van der Waals surface area contributed by atoms with Crippen LogP contribution < -0.4 is 10.1 Å². The average Bonchev–Trinajstić information content (AvgIpc) is 3.47. The number of aromatic nitrogens is 2. The first-order valence-corrected chi connectivity index (χ1v) is 12.9. The quantitative estimate of drug-likeness (QED) is 0.235. The van der Waals surface area contributed by atoms with Gasteiger partial charge in [-0.15, -0.1) is 0 Å². The van der Waals surface area contributed by atoms with Crippen molar-refractivity contribution in [3.05, 3.63) is 126 Å². The van der Waals surface area contributed by atoms with Crippen molar-refractivity contribution in [1.29, 1.82) is 0 Å². The fourth-order valence-corrected chi connectivity index (χ4v) is 4.39. The minimum Gasteiger partial charge on any atom is -0.487 e. The van der Waals surface area contributed by atoms with Gasteiger partial charge in [0.05, 0.1) is 30.2 Å². The van der Waals surface area contributed by atoms with Crippen LogP contribution in [-0.4, -0.2) is 38.9 Å². The van der Waals surface area contributed by atoms with Crippen LogP contribution in [0.25, 0.3) is 16.5 Å². The molecule has 202 valence electrons. The van der Waals surface area contributed by atoms with Crippen LogP contribution in [-0.2, 0) is 22.7 Å². The number of amides is 1. The molecule has 0 saturated carbocycles. The van der Waals surface area contributed by atoms with E-state index in [0.29, 0.717) is 5.75 Å². The summed E-state index contributed by atoms with van der Waals surface area (Å²) in [7, 11) is 0. The second kappa shape index (κ2) is 12.3. The molecule has 2 unspecified atom stereocenters. The van der Waals surface area contributed by atoms with E-state index in [9.17, 15) is 14.7 Å². The summed E-state index contributed by atoms with van der Waals surface area (Å²) in [6.07, 6.45) is 2.80. The van der Waals surface area contributed by atoms with Crippen LogP contribution in [0.1, 0.15) is 28.4 Å². The molecule has 1 aromatic heterocycles. The van der Waals surface area contributed by atoms with E-state index in [-0.39, 0.29) is 18.8 Å². The van der Waals surface area contributed by atoms with E-state index in [1.54, 1.807) is 23.9 Å². The van der Waals surface area contributed by atoms with Crippen molar-refractivity contribution >= 4 is 22.6 Å². The second-order valence-electron chi connectivity index (χ2n) is 9.37. The maximum Gasteiger partial charge on any atom is 0.328 e. The van der Waals surface area contributed by atoms with Crippen LogP contribution >= 0.6 is 0 Å². The molecule has 5 rings (SSSR count). The number of aliphatic carboxylic acids is 1. The molecule has 0 aliphatic heterocycles. The first-order valence-electron chi connectivity index (χ1n) is 12.9. The summed E-state index contributed by atoms with van der Waals surface area (Å²) in [5.41, 5.74) is 2.87. The minimum atomic E-state index is -1.26. The molecule has 2 N–H and O–H groups in total. The summed E-state index contributed by atoms with van der Waals surface area (Å²) in [6.45, 7) is 2.02. The number of carboxylic acids is 1. The van der Waals surface area contributed by atoms with Gasteiger partial charge in [-0.1, -0.05) is 78.9 Å². The van der Waals surface area contributed by atoms with Crippen LogP contribution in [0.5, 0.6) is 5.75 Å². The number of para-hydroxylation sites is 1. The summed E-state index contributed by atoms with van der Waals surface area (Å²) in [6, 6.07) is 28.9. The Morgan fingerprint density at radius 2 is 1.57 bits per heavy atom. The fourth-order valence-electron chi connectivity index (χ4n) is 4.39. The first-order chi connectivity index (χ1) is 19.5. The minimum absolute atomic E-state index is 0.167. The van der Waals surface area contributed by atoms with Gasteiger partial charge in [-0.2, -0.15) is 5.10 Å². The van der Waals surface area contributed by atoms with Gasteiger partial charge in [0.1, 0.15) is 12.4 Å². The van der Waals surface area contributed by atoms with Gasteiger partial charge in [0.25, 0.3) is 5.91 Å². The molecule has 2 atom stereocenters. The van der Waals surface area contributed by atoms with E-state index in [1.165, 1.54) is 0 Å². The summed E-state index contributed by atoms with van der Waals surface area (Å²) in [5, 5.41) is 18.6. The van der Waals surface area contributed by atoms with Crippen molar-refractivity contribution in [3.63, 3.8) is 0 Å². The molecule has 8 heteroatoms. The maximum atomic E-state index is 13.5. The van der Waals surface area contributed by atoms with Gasteiger partial charge in [-0.3, -0.25) is 4.79 Å². The Bertz CT molecular complexity index is 1600. The largest absolute Gasteiger partial charge is 0.487 e. The number of benzene rings is 4. The summed E-state index contributed by atoms with van der Waals surface area (Å²) in [4.78, 5) is 25.6. The monoisotopic (exact) mass is 535 g/mol. The summed E-state index contributed by atoms with van der Waals surface area (Å²) in [5.74, 6) is -1.39. The van der Waals surface area contributed by atoms with Crippen molar-refractivity contribution in [2.24, 2.45) is 0 Å². The van der Waals surface area contributed by atoms with E-state index in [4.69, 9.17) is 9.47 Å². The lowest BCUT2D eigenvalue weighted by atomic mass is 10.0. The van der Waals surface area contributed by atoms with Crippen molar-refractivity contribution < 1.29 is 24.2 Å². The fraction of sp³-hybridized carbons (Fsp3) is 0.156. The highest BCUT2D eigenvalue weighted by Gasteiger charge is 2.29. The molecule has 0 spiro atoms. The highest BCUT2D eigenvalue weighted by Crippen LogP contribution is 2.31. The zero-order chi connectivity index (χ0) is 27.9. The Kier molecular flexibility index (Phi) is 8.18. The van der Waals surface area contributed by atoms with Gasteiger partial charge in [0.2, 0.25) is 0 Å². The molecule has 0 bridgehead atoms. The lowest BCUT2D eigenvalue weighted by Gasteiger charge is -2.23. The number of carbonyl (C=O) groups is 2. The molecule has 0 saturated heterocycles. The Hall–Kier alpha value is -4.95. The topological polar surface area (TPSA) is 103 Å². The van der Waals surface area contributed by atoms with Crippen molar-refractivity contribution in [2.75, 3.05) is 0 Å². The van der Waals surface area contributed by atoms with Gasteiger partial charge in [-0.25, -0.2) is 9.48 Å². The Morgan fingerprint density at radius 1 is 0.875 bits per heavy atom. The number of carboxylic acid groups (broad SMARTS) is 1. The van der Waals surface area contributed by atoms with Crippen molar-refractivity contribution in [3.8, 4) is 11.4 Å². The number of fused-ring (bicyclic) bond motifs is 1. The highest BCUT2D eigenvalue weighted by atomic mass is 16.5. The molecular formula is C32H29N3O5. The van der Waals surface area contributed by atoms with Crippen LogP contribution in [0.4, 0.5) is 0 Å². The van der Waals surface area contributed by atoms with E-state index in [1.807, 2.05) is 97.2 Å². The predicted octanol–water partition coefficient (Wildman–Crippen LogP) is 5.39. The Labute approximate surface area is 231 Å². The molecule has 1 amide bonds. The standard InChI is InChI=1S/C32H29N3O5/c1-22(39-20-23-10-4-2-5-11-23)29(32(37)38)34-31(36)28-17-16-25-12-8-9-15-27(25)30(28)40-21-24-18-33-35(19-24)26-13-6-3-7-14-26/h2-19,22,29H,20-21H2,1H3,(H,34,36)(H,37,38). The number of rotatable bonds is 11. The molecule has 4 aromatic carbocycles. The number of nitrogens with zero attached hydrogens (tertiary/aromatic N) is 2. The number of ether oxygens (including phenoxy) is 2. The molecule has 5 aromatic rings. The van der Waals surface area contributed by atoms with Crippen molar-refractivity contribution in [1.82, 2.24) is 15.1 Å². The molecule has 40 heavy (non-hydrogen) atoms. The number of hydrogen-bond acceptors (Lipinski definition) is 5. The molecule has 0 fully saturated rings. The average molecular weight is 536 g/mol. The summed E-state index contributed by atoms with van der Waals surface area (Å²) >= 11 is 0. The third-order valence-electron chi connectivity index (χ3n) is 6.54. The zero-order valence-electron chi connectivity index (χ0n) is 21.9. The molecule has 0 aliphatic carbocycles. The van der Waals surface area contributed by atoms with Gasteiger partial charge in [0.15, 0.2) is 6.04 Å². The van der Waals surface area contributed by atoms with Crippen LogP contribution in [0.3, 0.4) is 0 Å². The number of carbonyl (C=O) groups excluding carboxylic acids is 1. The lowest BCUT2D eigenvalue weighted by Crippen LogP contribution is -2.48. The normalized spacial score (nSPS) is 12.5. The zero-order valence-corrected chi connectivity index (χ0v) is 21.9. The molecular weight excluding hydrogens is 506 g/mol. The van der Waals surface area contributed by atoms with E-state index >= 15 is 0 Å². The predicted molar refractivity (Wildman–Crippen MR) is 151 cm³/mol. The van der Waals surface area contributed by atoms with E-state index in [2.05, 4.69) is 10.4 Å². The van der Waals surface area contributed by atoms with Crippen LogP contribution in [0.15, 0.2) is 109 Å². The molecule has 1 heterocycles. The van der Waals surface area contributed by atoms with Gasteiger partial charge in [0, 0.05) is 17.1 Å². The van der Waals surface area contributed by atoms with Crippen LogP contribution in [0, 0.1) is 0 Å². The Balaban J connectivity index is 1.35. The van der Waals surface area contributed by atoms with Gasteiger partial charge in [-0.05, 0) is 36.1 Å². The van der Waals surface area contributed by atoms with Gasteiger partial charge >= 0.3 is 5.97 Å². The number of nitrogens with one attached hydrogen (secondary N) is 1. The molecule has 0 aliphatic rings. The van der Waals surface area contributed by atoms with E-state index in [0.717, 1.165) is 27.6 Å². The first kappa shape index (κ1) is 26.6. The highest BCUT2D eigenvalue weighted by molar-refractivity contribution is 6.05. The molecule has 0 radical (unpaired) electrons. The SMILES string of the molecule is CC(OCc1ccccc1)C(NC(=O)c1ccc2ccccc2c1OCc1cnn(-c2ccccc2)c1)C(=O)O. The Morgan fingerprint density at radius 3 is 2.33 bits per heavy atom. The lowest BCUT2D eigenvalue weighted by molar-refractivity contribution is -0.143. The number of hydrogen-bond donors (Lipinski definition) is 2.